The fraction of sp³-hybridized carbons (Fsp3) is 0.308. The van der Waals surface area contributed by atoms with Gasteiger partial charge < -0.3 is 4.42 Å². The van der Waals surface area contributed by atoms with E-state index < -0.39 is 0 Å². The second kappa shape index (κ2) is 3.89. The van der Waals surface area contributed by atoms with Crippen LogP contribution in [-0.4, -0.2) is 0 Å². The summed E-state index contributed by atoms with van der Waals surface area (Å²) < 4.78 is 5.14. The first-order valence-corrected chi connectivity index (χ1v) is 5.24. The molecule has 78 valence electrons. The third-order valence-corrected chi connectivity index (χ3v) is 2.83. The molecule has 0 amide bonds. The highest BCUT2D eigenvalue weighted by molar-refractivity contribution is 5.77. The van der Waals surface area contributed by atoms with E-state index in [1.165, 1.54) is 11.6 Å². The van der Waals surface area contributed by atoms with Crippen molar-refractivity contribution in [2.45, 2.75) is 26.2 Å². The molecule has 0 spiro atoms. The average Bonchev–Trinajstić information content (AvgIpc) is 2.27. The van der Waals surface area contributed by atoms with Crippen LogP contribution < -0.4 is 5.63 Å². The molecule has 0 bridgehead atoms. The van der Waals surface area contributed by atoms with Crippen LogP contribution in [0.4, 0.5) is 0 Å². The van der Waals surface area contributed by atoms with E-state index >= 15 is 0 Å². The van der Waals surface area contributed by atoms with E-state index in [0.29, 0.717) is 11.5 Å². The van der Waals surface area contributed by atoms with Gasteiger partial charge in [-0.25, -0.2) is 4.79 Å². The highest BCUT2D eigenvalue weighted by atomic mass is 16.4. The molecule has 2 nitrogen and oxygen atoms in total. The second-order valence-corrected chi connectivity index (χ2v) is 3.86. The molecular formula is C13H14O2. The lowest BCUT2D eigenvalue weighted by Crippen LogP contribution is -1.96. The summed E-state index contributed by atoms with van der Waals surface area (Å²) in [5.41, 5.74) is 1.61. The molecule has 0 saturated carbocycles. The van der Waals surface area contributed by atoms with Gasteiger partial charge in [-0.3, -0.25) is 0 Å². The van der Waals surface area contributed by atoms with E-state index in [4.69, 9.17) is 4.42 Å². The predicted molar refractivity (Wildman–Crippen MR) is 61.2 cm³/mol. The van der Waals surface area contributed by atoms with Gasteiger partial charge >= 0.3 is 5.63 Å². The molecule has 0 saturated heterocycles. The first kappa shape index (κ1) is 9.97. The summed E-state index contributed by atoms with van der Waals surface area (Å²) in [6, 6.07) is 9.30. The molecule has 2 rings (SSSR count). The zero-order valence-electron chi connectivity index (χ0n) is 8.99. The molecule has 1 unspecified atom stereocenters. The Labute approximate surface area is 88.5 Å². The van der Waals surface area contributed by atoms with Crippen molar-refractivity contribution in [3.8, 4) is 0 Å². The van der Waals surface area contributed by atoms with Crippen molar-refractivity contribution < 1.29 is 4.42 Å². The molecule has 1 heterocycles. The van der Waals surface area contributed by atoms with Crippen molar-refractivity contribution in [3.63, 3.8) is 0 Å². The summed E-state index contributed by atoms with van der Waals surface area (Å²) in [5.74, 6) is 0.500. The average molecular weight is 202 g/mol. The Hall–Kier alpha value is -1.57. The van der Waals surface area contributed by atoms with Gasteiger partial charge in [0.2, 0.25) is 0 Å². The maximum atomic E-state index is 11.1. The minimum absolute atomic E-state index is 0.288. The lowest BCUT2D eigenvalue weighted by atomic mass is 9.98. The minimum atomic E-state index is -0.288. The second-order valence-electron chi connectivity index (χ2n) is 3.86. The zero-order valence-corrected chi connectivity index (χ0v) is 8.99. The topological polar surface area (TPSA) is 30.2 Å². The minimum Gasteiger partial charge on any atom is -0.423 e. The van der Waals surface area contributed by atoms with Gasteiger partial charge in [-0.1, -0.05) is 26.0 Å². The van der Waals surface area contributed by atoms with Gasteiger partial charge in [-0.05, 0) is 30.0 Å². The van der Waals surface area contributed by atoms with Crippen LogP contribution in [-0.2, 0) is 0 Å². The lowest BCUT2D eigenvalue weighted by molar-refractivity contribution is 0.560. The van der Waals surface area contributed by atoms with Crippen LogP contribution >= 0.6 is 0 Å². The van der Waals surface area contributed by atoms with Crippen molar-refractivity contribution in [2.24, 2.45) is 0 Å². The Morgan fingerprint density at radius 2 is 2.00 bits per heavy atom. The molecule has 0 aliphatic rings. The zero-order chi connectivity index (χ0) is 10.8. The van der Waals surface area contributed by atoms with Gasteiger partial charge in [0.05, 0.1) is 0 Å². The molecule has 2 heteroatoms. The van der Waals surface area contributed by atoms with Crippen LogP contribution in [0.25, 0.3) is 11.0 Å². The van der Waals surface area contributed by atoms with Gasteiger partial charge in [0.25, 0.3) is 0 Å². The van der Waals surface area contributed by atoms with Gasteiger partial charge in [0, 0.05) is 11.5 Å². The summed E-state index contributed by atoms with van der Waals surface area (Å²) in [6.45, 7) is 4.32. The summed E-state index contributed by atoms with van der Waals surface area (Å²) in [6.07, 6.45) is 1.09. The number of fused-ring (bicyclic) bond motifs is 1. The van der Waals surface area contributed by atoms with Gasteiger partial charge in [-0.15, -0.1) is 0 Å². The van der Waals surface area contributed by atoms with Crippen LogP contribution in [0.1, 0.15) is 31.7 Å². The smallest absolute Gasteiger partial charge is 0.336 e. The summed E-state index contributed by atoms with van der Waals surface area (Å²) in [7, 11) is 0. The highest BCUT2D eigenvalue weighted by Gasteiger charge is 2.04. The van der Waals surface area contributed by atoms with E-state index in [0.717, 1.165) is 11.8 Å². The Kier molecular flexibility index (Phi) is 2.58. The molecule has 0 N–H and O–H groups in total. The molecular weight excluding hydrogens is 188 g/mol. The molecule has 15 heavy (non-hydrogen) atoms. The van der Waals surface area contributed by atoms with Crippen LogP contribution in [0.3, 0.4) is 0 Å². The van der Waals surface area contributed by atoms with Gasteiger partial charge in [-0.2, -0.15) is 0 Å². The summed E-state index contributed by atoms with van der Waals surface area (Å²) in [5, 5.41) is 0.974. The molecule has 1 atom stereocenters. The van der Waals surface area contributed by atoms with Crippen molar-refractivity contribution >= 4 is 11.0 Å². The van der Waals surface area contributed by atoms with Crippen LogP contribution in [0.2, 0.25) is 0 Å². The SMILES string of the molecule is CCC(C)c1ccc2ccc(=O)oc2c1. The Morgan fingerprint density at radius 3 is 2.73 bits per heavy atom. The molecule has 1 aromatic heterocycles. The van der Waals surface area contributed by atoms with E-state index in [1.54, 1.807) is 6.07 Å². The summed E-state index contributed by atoms with van der Waals surface area (Å²) >= 11 is 0. The first-order chi connectivity index (χ1) is 7.20. The summed E-state index contributed by atoms with van der Waals surface area (Å²) in [4.78, 5) is 11.1. The molecule has 2 aromatic rings. The largest absolute Gasteiger partial charge is 0.423 e. The number of benzene rings is 1. The number of rotatable bonds is 2. The monoisotopic (exact) mass is 202 g/mol. The molecule has 0 aliphatic carbocycles. The third kappa shape index (κ3) is 1.94. The van der Waals surface area contributed by atoms with Crippen LogP contribution in [0, 0.1) is 0 Å². The van der Waals surface area contributed by atoms with E-state index in [9.17, 15) is 4.79 Å². The molecule has 0 fully saturated rings. The van der Waals surface area contributed by atoms with Crippen LogP contribution in [0.15, 0.2) is 39.5 Å². The fourth-order valence-electron chi connectivity index (χ4n) is 1.62. The molecule has 1 aromatic carbocycles. The van der Waals surface area contributed by atoms with E-state index in [2.05, 4.69) is 19.9 Å². The predicted octanol–water partition coefficient (Wildman–Crippen LogP) is 3.31. The van der Waals surface area contributed by atoms with Crippen molar-refractivity contribution in [2.75, 3.05) is 0 Å². The quantitative estimate of drug-likeness (QED) is 0.699. The Bertz CT molecular complexity index is 525. The van der Waals surface area contributed by atoms with Crippen molar-refractivity contribution in [1.29, 1.82) is 0 Å². The lowest BCUT2D eigenvalue weighted by Gasteiger charge is -2.08. The van der Waals surface area contributed by atoms with Gasteiger partial charge in [0.15, 0.2) is 0 Å². The molecule has 0 radical (unpaired) electrons. The number of hydrogen-bond donors (Lipinski definition) is 0. The highest BCUT2D eigenvalue weighted by Crippen LogP contribution is 2.22. The number of hydrogen-bond acceptors (Lipinski definition) is 2. The maximum absolute atomic E-state index is 11.1. The van der Waals surface area contributed by atoms with Gasteiger partial charge in [0.1, 0.15) is 5.58 Å². The van der Waals surface area contributed by atoms with Crippen LogP contribution in [0.5, 0.6) is 0 Å². The normalized spacial score (nSPS) is 12.9. The standard InChI is InChI=1S/C13H14O2/c1-3-9(2)11-5-4-10-6-7-13(14)15-12(10)8-11/h4-9H,3H2,1-2H3. The van der Waals surface area contributed by atoms with Crippen molar-refractivity contribution in [1.82, 2.24) is 0 Å². The fourth-order valence-corrected chi connectivity index (χ4v) is 1.62. The Balaban J connectivity index is 2.59. The third-order valence-electron chi connectivity index (χ3n) is 2.83. The van der Waals surface area contributed by atoms with E-state index in [-0.39, 0.29) is 5.63 Å². The Morgan fingerprint density at radius 1 is 1.27 bits per heavy atom. The van der Waals surface area contributed by atoms with E-state index in [1.807, 2.05) is 12.1 Å². The van der Waals surface area contributed by atoms with Crippen molar-refractivity contribution in [3.05, 3.63) is 46.3 Å². The first-order valence-electron chi connectivity index (χ1n) is 5.24. The maximum Gasteiger partial charge on any atom is 0.336 e. The molecule has 0 aliphatic heterocycles.